The second kappa shape index (κ2) is 13.7. The van der Waals surface area contributed by atoms with Crippen LogP contribution in [-0.2, 0) is 20.8 Å². The number of hydrogen-bond acceptors (Lipinski definition) is 6. The lowest BCUT2D eigenvalue weighted by molar-refractivity contribution is -0.156. The Morgan fingerprint density at radius 3 is 2.40 bits per heavy atom. The number of ether oxygens (including phenoxy) is 3. The second-order valence-corrected chi connectivity index (χ2v) is 10.3. The average molecular weight is 654 g/mol. The molecule has 0 bridgehead atoms. The van der Waals surface area contributed by atoms with Gasteiger partial charge in [0.1, 0.15) is 12.0 Å². The van der Waals surface area contributed by atoms with Crippen LogP contribution in [0.15, 0.2) is 115 Å². The molecule has 1 heterocycles. The van der Waals surface area contributed by atoms with E-state index in [4.69, 9.17) is 19.3 Å². The summed E-state index contributed by atoms with van der Waals surface area (Å²) < 4.78 is 73.9. The molecule has 10 nitrogen and oxygen atoms in total. The topological polar surface area (TPSA) is 126 Å². The Bertz CT molecular complexity index is 1800. The van der Waals surface area contributed by atoms with Crippen LogP contribution >= 0.6 is 0 Å². The van der Waals surface area contributed by atoms with Crippen LogP contribution in [-0.4, -0.2) is 53.0 Å². The van der Waals surface area contributed by atoms with Gasteiger partial charge in [0, 0.05) is 12.1 Å². The molecule has 244 valence electrons. The molecule has 14 heteroatoms. The van der Waals surface area contributed by atoms with E-state index in [-0.39, 0.29) is 37.9 Å². The monoisotopic (exact) mass is 653 g/mol. The number of nitrogens with one attached hydrogen (secondary N) is 2. The Kier molecular flexibility index (Phi) is 9.49. The van der Waals surface area contributed by atoms with Gasteiger partial charge < -0.3 is 30.0 Å². The van der Waals surface area contributed by atoms with Crippen molar-refractivity contribution in [2.24, 2.45) is 0 Å². The number of amides is 3. The van der Waals surface area contributed by atoms with E-state index in [2.05, 4.69) is 10.6 Å². The summed E-state index contributed by atoms with van der Waals surface area (Å²) in [5, 5.41) is 15.7. The Morgan fingerprint density at radius 2 is 1.66 bits per heavy atom. The largest absolute Gasteiger partial charge is 0.481 e. The number of alkyl halides is 4. The summed E-state index contributed by atoms with van der Waals surface area (Å²) >= 11 is 0. The molecule has 0 saturated carbocycles. The molecule has 2 aliphatic rings. The molecule has 0 fully saturated rings. The third-order valence-corrected chi connectivity index (χ3v) is 7.02. The minimum absolute atomic E-state index is 0.0723. The summed E-state index contributed by atoms with van der Waals surface area (Å²) in [7, 11) is 0. The molecule has 0 aromatic heterocycles. The fourth-order valence-corrected chi connectivity index (χ4v) is 4.56. The Balaban J connectivity index is 1.32. The van der Waals surface area contributed by atoms with Crippen LogP contribution in [0.5, 0.6) is 5.75 Å². The minimum Gasteiger partial charge on any atom is -0.481 e. The summed E-state index contributed by atoms with van der Waals surface area (Å²) in [6.45, 7) is -0.652. The maximum absolute atomic E-state index is 14.7. The molecule has 3 N–H and O–H groups in total. The molecule has 1 aliphatic heterocycles. The van der Waals surface area contributed by atoms with Crippen molar-refractivity contribution in [3.63, 3.8) is 0 Å². The van der Waals surface area contributed by atoms with Crippen LogP contribution in [0.3, 0.4) is 0 Å². The lowest BCUT2D eigenvalue weighted by Gasteiger charge is -2.32. The number of urea groups is 1. The number of nitrogens with zero attached hydrogens (tertiary/aromatic N) is 1. The number of carboxylic acids is 1. The fourth-order valence-electron chi connectivity index (χ4n) is 4.56. The first-order chi connectivity index (χ1) is 22.4. The van der Waals surface area contributed by atoms with Gasteiger partial charge in [0.25, 0.3) is 5.91 Å². The molecule has 0 saturated heterocycles. The lowest BCUT2D eigenvalue weighted by Crippen LogP contribution is -2.44. The van der Waals surface area contributed by atoms with Crippen molar-refractivity contribution < 1.29 is 51.3 Å². The SMILES string of the molecule is O=C(O)CCNC(=O)c1ccc(CN(C(=O)NCOc2ccc3ccccc3c2)C2=COC=C(C3=CC=CC(F)(F)C3(F)F)O2)cc1. The van der Waals surface area contributed by atoms with Gasteiger partial charge in [0.2, 0.25) is 5.88 Å². The van der Waals surface area contributed by atoms with Gasteiger partial charge in [0.05, 0.1) is 18.5 Å². The quantitative estimate of drug-likeness (QED) is 0.170. The maximum atomic E-state index is 14.7. The number of carboxylic acid groups (broad SMARTS) is 1. The van der Waals surface area contributed by atoms with Crippen molar-refractivity contribution in [1.82, 2.24) is 15.5 Å². The predicted molar refractivity (Wildman–Crippen MR) is 160 cm³/mol. The average Bonchev–Trinajstić information content (AvgIpc) is 3.05. The maximum Gasteiger partial charge on any atom is 0.342 e. The number of halogens is 4. The van der Waals surface area contributed by atoms with E-state index in [9.17, 15) is 31.9 Å². The summed E-state index contributed by atoms with van der Waals surface area (Å²) in [5.74, 6) is -11.4. The van der Waals surface area contributed by atoms with E-state index in [1.807, 2.05) is 30.3 Å². The van der Waals surface area contributed by atoms with Gasteiger partial charge in [-0.05, 0) is 52.8 Å². The van der Waals surface area contributed by atoms with Crippen LogP contribution in [0.2, 0.25) is 0 Å². The smallest absolute Gasteiger partial charge is 0.342 e. The van der Waals surface area contributed by atoms with Crippen molar-refractivity contribution in [3.05, 3.63) is 126 Å². The molecular weight excluding hydrogens is 626 g/mol. The van der Waals surface area contributed by atoms with Crippen molar-refractivity contribution in [2.75, 3.05) is 13.3 Å². The zero-order valence-electron chi connectivity index (χ0n) is 24.4. The van der Waals surface area contributed by atoms with Crippen LogP contribution in [0, 0.1) is 0 Å². The second-order valence-electron chi connectivity index (χ2n) is 10.3. The number of allylic oxidation sites excluding steroid dienone is 4. The molecule has 1 aliphatic carbocycles. The summed E-state index contributed by atoms with van der Waals surface area (Å²) in [4.78, 5) is 37.5. The van der Waals surface area contributed by atoms with Gasteiger partial charge in [-0.1, -0.05) is 48.5 Å². The molecule has 3 amide bonds. The highest BCUT2D eigenvalue weighted by Crippen LogP contribution is 2.47. The summed E-state index contributed by atoms with van der Waals surface area (Å²) in [6.07, 6.45) is 2.99. The Labute approximate surface area is 265 Å². The highest BCUT2D eigenvalue weighted by Gasteiger charge is 2.59. The number of carbonyl (C=O) groups excluding carboxylic acids is 2. The summed E-state index contributed by atoms with van der Waals surface area (Å²) in [6, 6.07) is 18.0. The molecule has 3 aromatic rings. The first-order valence-electron chi connectivity index (χ1n) is 14.1. The van der Waals surface area contributed by atoms with Crippen molar-refractivity contribution in [3.8, 4) is 5.75 Å². The third-order valence-electron chi connectivity index (χ3n) is 7.02. The number of aliphatic carboxylic acids is 1. The number of carbonyl (C=O) groups is 3. The molecule has 0 atom stereocenters. The molecule has 3 aromatic carbocycles. The highest BCUT2D eigenvalue weighted by molar-refractivity contribution is 5.94. The van der Waals surface area contributed by atoms with E-state index in [1.54, 1.807) is 12.1 Å². The minimum atomic E-state index is -4.64. The molecule has 5 rings (SSSR count). The van der Waals surface area contributed by atoms with E-state index >= 15 is 0 Å². The first kappa shape index (κ1) is 32.6. The summed E-state index contributed by atoms with van der Waals surface area (Å²) in [5.41, 5.74) is -0.509. The van der Waals surface area contributed by atoms with Crippen LogP contribution in [0.25, 0.3) is 10.8 Å². The zero-order valence-corrected chi connectivity index (χ0v) is 24.4. The van der Waals surface area contributed by atoms with E-state index in [1.165, 1.54) is 24.3 Å². The van der Waals surface area contributed by atoms with E-state index in [0.717, 1.165) is 40.3 Å². The van der Waals surface area contributed by atoms with E-state index < -0.39 is 47.0 Å². The highest BCUT2D eigenvalue weighted by atomic mass is 19.3. The molecular formula is C33H27F4N3O7. The zero-order chi connectivity index (χ0) is 33.6. The van der Waals surface area contributed by atoms with Gasteiger partial charge in [-0.25, -0.2) is 4.79 Å². The molecule has 47 heavy (non-hydrogen) atoms. The molecule has 0 unspecified atom stereocenters. The van der Waals surface area contributed by atoms with Crippen molar-refractivity contribution in [2.45, 2.75) is 24.8 Å². The van der Waals surface area contributed by atoms with Crippen LogP contribution in [0.1, 0.15) is 22.3 Å². The van der Waals surface area contributed by atoms with Gasteiger partial charge in [-0.3, -0.25) is 14.5 Å². The van der Waals surface area contributed by atoms with Crippen molar-refractivity contribution in [1.29, 1.82) is 0 Å². The van der Waals surface area contributed by atoms with E-state index in [0.29, 0.717) is 11.3 Å². The van der Waals surface area contributed by atoms with Gasteiger partial charge in [0.15, 0.2) is 18.8 Å². The standard InChI is InChI=1S/C33H27F4N3O7/c34-32(35)14-3-6-26(33(32,36)37)27-18-45-19-28(47-27)40(17-21-7-9-23(10-8-21)30(43)38-15-13-29(41)42)31(44)39-20-46-25-12-11-22-4-1-2-5-24(22)16-25/h1-12,14,16,18-19H,13,15,17,20H2,(H,38,43)(H,39,44)(H,41,42). The fraction of sp³-hybridized carbons (Fsp3) is 0.182. The molecule has 0 radical (unpaired) electrons. The van der Waals surface area contributed by atoms with Crippen molar-refractivity contribution >= 4 is 28.7 Å². The Hall–Kier alpha value is -5.79. The third kappa shape index (κ3) is 7.54. The van der Waals surface area contributed by atoms with Gasteiger partial charge >= 0.3 is 23.8 Å². The van der Waals surface area contributed by atoms with Crippen LogP contribution < -0.4 is 15.4 Å². The Morgan fingerprint density at radius 1 is 0.915 bits per heavy atom. The number of benzene rings is 3. The number of fused-ring (bicyclic) bond motifs is 1. The molecule has 0 spiro atoms. The first-order valence-corrected chi connectivity index (χ1v) is 14.1. The van der Waals surface area contributed by atoms with Gasteiger partial charge in [-0.15, -0.1) is 0 Å². The normalized spacial score (nSPS) is 16.0. The predicted octanol–water partition coefficient (Wildman–Crippen LogP) is 6.05. The number of hydrogen-bond donors (Lipinski definition) is 3. The number of rotatable bonds is 11. The van der Waals surface area contributed by atoms with Gasteiger partial charge in [-0.2, -0.15) is 17.6 Å². The van der Waals surface area contributed by atoms with Crippen LogP contribution in [0.4, 0.5) is 22.4 Å². The lowest BCUT2D eigenvalue weighted by atomic mass is 9.95.